The largest absolute Gasteiger partial charge is 0.492 e. The van der Waals surface area contributed by atoms with Crippen LogP contribution < -0.4 is 10.1 Å². The number of ether oxygens (including phenoxy) is 1. The molecule has 0 saturated heterocycles. The van der Waals surface area contributed by atoms with Gasteiger partial charge in [0.1, 0.15) is 18.6 Å². The quantitative estimate of drug-likeness (QED) is 0.0379. The number of allylic oxidation sites excluding steroid dienone is 1. The van der Waals surface area contributed by atoms with Crippen molar-refractivity contribution in [2.45, 2.75) is 155 Å². The summed E-state index contributed by atoms with van der Waals surface area (Å²) in [5.41, 5.74) is 6.11. The van der Waals surface area contributed by atoms with Crippen molar-refractivity contribution in [3.8, 4) is 5.75 Å². The van der Waals surface area contributed by atoms with Gasteiger partial charge in [-0.05, 0) is 72.1 Å². The molecule has 1 N–H and O–H groups in total. The minimum Gasteiger partial charge on any atom is -0.492 e. The summed E-state index contributed by atoms with van der Waals surface area (Å²) in [4.78, 5) is 37.1. The van der Waals surface area contributed by atoms with E-state index in [9.17, 15) is 14.4 Å². The Morgan fingerprint density at radius 1 is 0.579 bits per heavy atom. The minimum absolute atomic E-state index is 0.130. The van der Waals surface area contributed by atoms with Gasteiger partial charge in [0.05, 0.1) is 6.54 Å². The Morgan fingerprint density at radius 2 is 1.05 bits per heavy atom. The van der Waals surface area contributed by atoms with E-state index in [0.717, 1.165) is 69.0 Å². The number of unbranched alkanes of at least 4 members (excludes halogenated alkanes) is 18. The van der Waals surface area contributed by atoms with Gasteiger partial charge in [-0.25, -0.2) is 0 Å². The third-order valence-electron chi connectivity index (χ3n) is 11.0. The molecule has 3 aromatic rings. The third kappa shape index (κ3) is 20.7. The smallest absolute Gasteiger partial charge is 0.222 e. The van der Waals surface area contributed by atoms with Gasteiger partial charge in [-0.3, -0.25) is 9.59 Å². The second-order valence-corrected chi connectivity index (χ2v) is 15.7. The Labute approximate surface area is 346 Å². The Hall–Kier alpha value is -4.19. The van der Waals surface area contributed by atoms with Gasteiger partial charge in [-0.2, -0.15) is 0 Å². The molecule has 57 heavy (non-hydrogen) atoms. The van der Waals surface area contributed by atoms with Gasteiger partial charge < -0.3 is 19.7 Å². The molecule has 0 saturated carbocycles. The number of nitrogens with one attached hydrogen (secondary N) is 1. The first-order chi connectivity index (χ1) is 28.0. The van der Waals surface area contributed by atoms with Gasteiger partial charge in [-0.15, -0.1) is 0 Å². The molecule has 0 fully saturated rings. The lowest BCUT2D eigenvalue weighted by molar-refractivity contribution is -0.130. The van der Waals surface area contributed by atoms with E-state index in [2.05, 4.69) is 85.0 Å². The molecule has 2 amide bonds. The molecule has 6 heteroatoms. The SMILES string of the molecule is CC/C(=C(\c1ccccc1)c1ccc(OCCN(C)C(=O)CCCCCNC(=O)CCCCCCCCCCCCCCCCCCC=O)cc1)c1ccccc1. The van der Waals surface area contributed by atoms with Crippen molar-refractivity contribution in [1.29, 1.82) is 0 Å². The fourth-order valence-corrected chi connectivity index (χ4v) is 7.50. The summed E-state index contributed by atoms with van der Waals surface area (Å²) in [5.74, 6) is 1.08. The zero-order valence-corrected chi connectivity index (χ0v) is 35.6. The van der Waals surface area contributed by atoms with Crippen molar-refractivity contribution in [3.63, 3.8) is 0 Å². The summed E-state index contributed by atoms with van der Waals surface area (Å²) >= 11 is 0. The number of hydrogen-bond donors (Lipinski definition) is 1. The first kappa shape index (κ1) is 47.2. The van der Waals surface area contributed by atoms with E-state index < -0.39 is 0 Å². The van der Waals surface area contributed by atoms with Crippen LogP contribution in [0.3, 0.4) is 0 Å². The maximum absolute atomic E-state index is 12.7. The van der Waals surface area contributed by atoms with Gasteiger partial charge >= 0.3 is 0 Å². The van der Waals surface area contributed by atoms with Gasteiger partial charge in [0, 0.05) is 32.9 Å². The topological polar surface area (TPSA) is 75.7 Å². The monoisotopic (exact) mass is 779 g/mol. The summed E-state index contributed by atoms with van der Waals surface area (Å²) in [6, 6.07) is 29.5. The number of amides is 2. The van der Waals surface area contributed by atoms with Crippen LogP contribution in [0.15, 0.2) is 84.9 Å². The summed E-state index contributed by atoms with van der Waals surface area (Å²) in [6.45, 7) is 3.87. The molecule has 3 rings (SSSR count). The molecule has 0 aliphatic rings. The number of nitrogens with zero attached hydrogens (tertiary/aromatic N) is 1. The Bertz CT molecular complexity index is 1520. The number of aldehydes is 1. The predicted molar refractivity (Wildman–Crippen MR) is 239 cm³/mol. The van der Waals surface area contributed by atoms with Crippen LogP contribution in [-0.4, -0.2) is 49.7 Å². The van der Waals surface area contributed by atoms with Crippen molar-refractivity contribution in [1.82, 2.24) is 10.2 Å². The Morgan fingerprint density at radius 3 is 1.60 bits per heavy atom. The maximum atomic E-state index is 12.7. The van der Waals surface area contributed by atoms with E-state index in [1.165, 1.54) is 106 Å². The highest BCUT2D eigenvalue weighted by molar-refractivity contribution is 5.98. The fraction of sp³-hybridized carbons (Fsp3) is 0.549. The number of carbonyl (C=O) groups excluding carboxylic acids is 3. The van der Waals surface area contributed by atoms with Crippen LogP contribution in [0.2, 0.25) is 0 Å². The highest BCUT2D eigenvalue weighted by Crippen LogP contribution is 2.35. The van der Waals surface area contributed by atoms with Crippen LogP contribution in [0, 0.1) is 0 Å². The van der Waals surface area contributed by atoms with E-state index in [1.54, 1.807) is 4.90 Å². The molecule has 0 bridgehead atoms. The highest BCUT2D eigenvalue weighted by atomic mass is 16.5. The summed E-state index contributed by atoms with van der Waals surface area (Å²) in [6.07, 6.45) is 26.8. The van der Waals surface area contributed by atoms with Crippen LogP contribution in [0.5, 0.6) is 5.75 Å². The summed E-state index contributed by atoms with van der Waals surface area (Å²) in [7, 11) is 1.84. The molecule has 0 atom stereocenters. The zero-order valence-electron chi connectivity index (χ0n) is 35.6. The normalized spacial score (nSPS) is 11.5. The fourth-order valence-electron chi connectivity index (χ4n) is 7.50. The van der Waals surface area contributed by atoms with Crippen molar-refractivity contribution in [3.05, 3.63) is 102 Å². The van der Waals surface area contributed by atoms with E-state index in [-0.39, 0.29) is 11.8 Å². The maximum Gasteiger partial charge on any atom is 0.222 e. The van der Waals surface area contributed by atoms with Gasteiger partial charge in [0.2, 0.25) is 11.8 Å². The lowest BCUT2D eigenvalue weighted by Gasteiger charge is -2.18. The zero-order chi connectivity index (χ0) is 40.6. The molecule has 0 aromatic heterocycles. The molecule has 3 aromatic carbocycles. The molecular formula is C51H74N2O4. The molecular weight excluding hydrogens is 705 g/mol. The van der Waals surface area contributed by atoms with Crippen LogP contribution in [-0.2, 0) is 14.4 Å². The van der Waals surface area contributed by atoms with Crippen molar-refractivity contribution in [2.24, 2.45) is 0 Å². The number of hydrogen-bond acceptors (Lipinski definition) is 4. The van der Waals surface area contributed by atoms with E-state index in [1.807, 2.05) is 19.2 Å². The predicted octanol–water partition coefficient (Wildman–Crippen LogP) is 12.8. The molecule has 0 aliphatic heterocycles. The first-order valence-corrected chi connectivity index (χ1v) is 22.5. The molecule has 0 unspecified atom stereocenters. The summed E-state index contributed by atoms with van der Waals surface area (Å²) < 4.78 is 6.05. The minimum atomic E-state index is 0.130. The van der Waals surface area contributed by atoms with Crippen molar-refractivity contribution < 1.29 is 19.1 Å². The van der Waals surface area contributed by atoms with E-state index in [0.29, 0.717) is 32.5 Å². The number of carbonyl (C=O) groups is 3. The van der Waals surface area contributed by atoms with Gasteiger partial charge in [-0.1, -0.05) is 176 Å². The van der Waals surface area contributed by atoms with Gasteiger partial charge in [0.25, 0.3) is 0 Å². The number of likely N-dealkylation sites (N-methyl/N-ethyl adjacent to an activating group) is 1. The lowest BCUT2D eigenvalue weighted by atomic mass is 9.88. The van der Waals surface area contributed by atoms with Gasteiger partial charge in [0.15, 0.2) is 0 Å². The highest BCUT2D eigenvalue weighted by Gasteiger charge is 2.14. The van der Waals surface area contributed by atoms with Crippen LogP contribution in [0.25, 0.3) is 11.1 Å². The van der Waals surface area contributed by atoms with Crippen LogP contribution >= 0.6 is 0 Å². The lowest BCUT2D eigenvalue weighted by Crippen LogP contribution is -2.30. The average molecular weight is 779 g/mol. The van der Waals surface area contributed by atoms with Crippen LogP contribution in [0.1, 0.15) is 171 Å². The average Bonchev–Trinajstić information content (AvgIpc) is 3.24. The second-order valence-electron chi connectivity index (χ2n) is 15.7. The molecule has 0 heterocycles. The number of benzene rings is 3. The van der Waals surface area contributed by atoms with E-state index >= 15 is 0 Å². The standard InChI is InChI=1S/C51H74N2O4/c1-3-48(44-30-22-19-23-31-44)51(45-32-24-20-25-33-45)46-36-38-47(39-37-46)57-43-41-53(2)50(56)35-27-21-28-40-52-49(55)34-26-17-15-13-11-9-7-5-4-6-8-10-12-14-16-18-29-42-54/h19-20,22-25,30-33,36-39,42H,3-18,21,26-29,34-35,40-41,43H2,1-2H3,(H,52,55)/b51-48-. The molecule has 6 nitrogen and oxygen atoms in total. The van der Waals surface area contributed by atoms with Crippen molar-refractivity contribution >= 4 is 29.2 Å². The molecule has 312 valence electrons. The van der Waals surface area contributed by atoms with E-state index in [4.69, 9.17) is 4.74 Å². The Balaban J connectivity index is 1.17. The molecule has 0 aliphatic carbocycles. The van der Waals surface area contributed by atoms with Crippen molar-refractivity contribution in [2.75, 3.05) is 26.7 Å². The first-order valence-electron chi connectivity index (χ1n) is 22.5. The Kier molecular flexibility index (Phi) is 25.6. The van der Waals surface area contributed by atoms with Crippen LogP contribution in [0.4, 0.5) is 0 Å². The molecule has 0 radical (unpaired) electrons. The molecule has 0 spiro atoms. The summed E-state index contributed by atoms with van der Waals surface area (Å²) in [5, 5.41) is 3.06. The second kappa shape index (κ2) is 30.9. The third-order valence-corrected chi connectivity index (χ3v) is 11.0. The number of rotatable bonds is 33.